The lowest BCUT2D eigenvalue weighted by atomic mass is 10.1. The molecule has 9 heteroatoms. The van der Waals surface area contributed by atoms with E-state index < -0.39 is 0 Å². The zero-order valence-corrected chi connectivity index (χ0v) is 24.3. The van der Waals surface area contributed by atoms with Crippen LogP contribution in [0.15, 0.2) is 72.8 Å². The van der Waals surface area contributed by atoms with Gasteiger partial charge < -0.3 is 28.6 Å². The van der Waals surface area contributed by atoms with Crippen molar-refractivity contribution in [1.82, 2.24) is 14.4 Å². The minimum absolute atomic E-state index is 0.0850. The van der Waals surface area contributed by atoms with E-state index in [4.69, 9.17) is 25.8 Å². The van der Waals surface area contributed by atoms with E-state index in [-0.39, 0.29) is 11.8 Å². The summed E-state index contributed by atoms with van der Waals surface area (Å²) in [6.07, 6.45) is 0. The maximum Gasteiger partial charge on any atom is 0.255 e. The number of halogens is 1. The quantitative estimate of drug-likeness (QED) is 0.282. The summed E-state index contributed by atoms with van der Waals surface area (Å²) in [5, 5.41) is 0.585. The Labute approximate surface area is 244 Å². The molecule has 3 aromatic carbocycles. The van der Waals surface area contributed by atoms with Gasteiger partial charge in [-0.05, 0) is 67.1 Å². The number of aromatic nitrogens is 1. The molecule has 0 atom stereocenters. The summed E-state index contributed by atoms with van der Waals surface area (Å²) < 4.78 is 18.0. The number of hydrogen-bond acceptors (Lipinski definition) is 5. The van der Waals surface area contributed by atoms with E-state index >= 15 is 0 Å². The highest BCUT2D eigenvalue weighted by molar-refractivity contribution is 6.32. The summed E-state index contributed by atoms with van der Waals surface area (Å²) in [5.74, 6) is 1.63. The van der Waals surface area contributed by atoms with Crippen molar-refractivity contribution in [2.45, 2.75) is 6.92 Å². The fourth-order valence-electron chi connectivity index (χ4n) is 5.14. The molecule has 1 fully saturated rings. The Morgan fingerprint density at radius 1 is 0.707 bits per heavy atom. The van der Waals surface area contributed by atoms with Gasteiger partial charge in [0.1, 0.15) is 17.2 Å². The molecule has 0 unspecified atom stereocenters. The van der Waals surface area contributed by atoms with Crippen LogP contribution < -0.4 is 14.2 Å². The van der Waals surface area contributed by atoms with Crippen molar-refractivity contribution in [3.63, 3.8) is 0 Å². The Morgan fingerprint density at radius 2 is 1.27 bits per heavy atom. The molecule has 1 saturated heterocycles. The number of piperazine rings is 1. The molecule has 0 bridgehead atoms. The third kappa shape index (κ3) is 5.60. The van der Waals surface area contributed by atoms with Crippen LogP contribution >= 0.6 is 11.6 Å². The molecule has 8 nitrogen and oxygen atoms in total. The van der Waals surface area contributed by atoms with Crippen LogP contribution in [-0.4, -0.2) is 73.7 Å². The number of benzene rings is 3. The van der Waals surface area contributed by atoms with Crippen molar-refractivity contribution in [3.8, 4) is 34.2 Å². The lowest BCUT2D eigenvalue weighted by Crippen LogP contribution is -2.50. The predicted octanol–water partition coefficient (Wildman–Crippen LogP) is 5.73. The van der Waals surface area contributed by atoms with E-state index in [9.17, 15) is 9.59 Å². The van der Waals surface area contributed by atoms with Crippen LogP contribution in [0.2, 0.25) is 5.02 Å². The second-order valence-corrected chi connectivity index (χ2v) is 10.1. The number of carbonyl (C=O) groups is 2. The first-order valence-electron chi connectivity index (χ1n) is 13.3. The van der Waals surface area contributed by atoms with Crippen molar-refractivity contribution in [2.24, 2.45) is 0 Å². The SMILES string of the molecule is COc1ccc(-c2cc(C(=O)N3CCN(C(=O)c4cc(OC)cc(OC)c4)CC3)c(C)n2-c2ccccc2Cl)cc1. The van der Waals surface area contributed by atoms with Gasteiger partial charge in [-0.2, -0.15) is 0 Å². The van der Waals surface area contributed by atoms with Crippen LogP contribution in [0, 0.1) is 6.92 Å². The second kappa shape index (κ2) is 12.0. The molecule has 41 heavy (non-hydrogen) atoms. The molecule has 5 rings (SSSR count). The Balaban J connectivity index is 1.40. The summed E-state index contributed by atoms with van der Waals surface area (Å²) in [7, 11) is 4.73. The molecule has 0 spiro atoms. The van der Waals surface area contributed by atoms with Gasteiger partial charge in [0.15, 0.2) is 0 Å². The summed E-state index contributed by atoms with van der Waals surface area (Å²) >= 11 is 6.62. The molecular formula is C32H32ClN3O5. The van der Waals surface area contributed by atoms with Crippen molar-refractivity contribution in [1.29, 1.82) is 0 Å². The van der Waals surface area contributed by atoms with Gasteiger partial charge in [-0.15, -0.1) is 0 Å². The second-order valence-electron chi connectivity index (χ2n) is 9.73. The molecule has 2 heterocycles. The molecule has 4 aromatic rings. The van der Waals surface area contributed by atoms with Crippen molar-refractivity contribution in [2.75, 3.05) is 47.5 Å². The van der Waals surface area contributed by atoms with E-state index in [0.717, 1.165) is 28.4 Å². The Hall–Kier alpha value is -4.43. The van der Waals surface area contributed by atoms with Gasteiger partial charge in [0, 0.05) is 43.5 Å². The molecular weight excluding hydrogens is 542 g/mol. The monoisotopic (exact) mass is 573 g/mol. The van der Waals surface area contributed by atoms with Gasteiger partial charge in [-0.3, -0.25) is 9.59 Å². The minimum atomic E-state index is -0.128. The fraction of sp³-hybridized carbons (Fsp3) is 0.250. The van der Waals surface area contributed by atoms with Crippen LogP contribution in [0.5, 0.6) is 17.2 Å². The number of rotatable bonds is 7. The van der Waals surface area contributed by atoms with Gasteiger partial charge in [0.2, 0.25) is 0 Å². The fourth-order valence-corrected chi connectivity index (χ4v) is 5.36. The van der Waals surface area contributed by atoms with Crippen molar-refractivity contribution < 1.29 is 23.8 Å². The number of amides is 2. The first-order chi connectivity index (χ1) is 19.8. The van der Waals surface area contributed by atoms with Gasteiger partial charge in [0.05, 0.1) is 43.3 Å². The number of para-hydroxylation sites is 1. The maximum absolute atomic E-state index is 13.9. The van der Waals surface area contributed by atoms with E-state index in [1.807, 2.05) is 66.1 Å². The average Bonchev–Trinajstić information content (AvgIpc) is 3.36. The molecule has 1 aliphatic heterocycles. The molecule has 0 radical (unpaired) electrons. The smallest absolute Gasteiger partial charge is 0.255 e. The summed E-state index contributed by atoms with van der Waals surface area (Å²) in [5.41, 5.74) is 4.43. The summed E-state index contributed by atoms with van der Waals surface area (Å²) in [6.45, 7) is 3.60. The van der Waals surface area contributed by atoms with Crippen LogP contribution in [-0.2, 0) is 0 Å². The van der Waals surface area contributed by atoms with E-state index in [2.05, 4.69) is 0 Å². The summed E-state index contributed by atoms with van der Waals surface area (Å²) in [6, 6.07) is 22.3. The molecule has 212 valence electrons. The Morgan fingerprint density at radius 3 is 1.83 bits per heavy atom. The van der Waals surface area contributed by atoms with Crippen LogP contribution in [0.1, 0.15) is 26.4 Å². The number of hydrogen-bond donors (Lipinski definition) is 0. The van der Waals surface area contributed by atoms with Crippen molar-refractivity contribution >= 4 is 23.4 Å². The minimum Gasteiger partial charge on any atom is -0.497 e. The van der Waals surface area contributed by atoms with E-state index in [1.165, 1.54) is 0 Å². The third-order valence-corrected chi connectivity index (χ3v) is 7.73. The van der Waals surface area contributed by atoms with Crippen LogP contribution in [0.25, 0.3) is 16.9 Å². The number of carbonyl (C=O) groups excluding carboxylic acids is 2. The Bertz CT molecular complexity index is 1550. The molecule has 0 saturated carbocycles. The lowest BCUT2D eigenvalue weighted by molar-refractivity contribution is 0.0535. The zero-order chi connectivity index (χ0) is 29.1. The zero-order valence-electron chi connectivity index (χ0n) is 23.5. The molecule has 0 N–H and O–H groups in total. The summed E-state index contributed by atoms with van der Waals surface area (Å²) in [4.78, 5) is 30.7. The topological polar surface area (TPSA) is 73.2 Å². The van der Waals surface area contributed by atoms with Crippen LogP contribution in [0.4, 0.5) is 0 Å². The van der Waals surface area contributed by atoms with Crippen molar-refractivity contribution in [3.05, 3.63) is 94.6 Å². The number of methoxy groups -OCH3 is 3. The standard InChI is InChI=1S/C32H32ClN3O5/c1-21-27(20-30(22-9-11-24(39-2)12-10-22)36(21)29-8-6-5-7-28(29)33)32(38)35-15-13-34(14-16-35)31(37)23-17-25(40-3)19-26(18-23)41-4/h5-12,17-20H,13-16H2,1-4H3. The molecule has 1 aliphatic rings. The highest BCUT2D eigenvalue weighted by Gasteiger charge is 2.29. The van der Waals surface area contributed by atoms with E-state index in [1.54, 1.807) is 49.3 Å². The molecule has 1 aromatic heterocycles. The average molecular weight is 574 g/mol. The van der Waals surface area contributed by atoms with Gasteiger partial charge in [-0.25, -0.2) is 0 Å². The highest BCUT2D eigenvalue weighted by atomic mass is 35.5. The highest BCUT2D eigenvalue weighted by Crippen LogP contribution is 2.34. The predicted molar refractivity (Wildman–Crippen MR) is 159 cm³/mol. The number of ether oxygens (including phenoxy) is 3. The van der Waals surface area contributed by atoms with E-state index in [0.29, 0.717) is 53.8 Å². The van der Waals surface area contributed by atoms with Crippen LogP contribution in [0.3, 0.4) is 0 Å². The van der Waals surface area contributed by atoms with Gasteiger partial charge in [0.25, 0.3) is 11.8 Å². The first-order valence-corrected chi connectivity index (χ1v) is 13.7. The Kier molecular flexibility index (Phi) is 8.21. The lowest BCUT2D eigenvalue weighted by Gasteiger charge is -2.35. The maximum atomic E-state index is 13.9. The molecule has 0 aliphatic carbocycles. The normalized spacial score (nSPS) is 13.2. The van der Waals surface area contributed by atoms with Gasteiger partial charge in [-0.1, -0.05) is 23.7 Å². The largest absolute Gasteiger partial charge is 0.497 e. The molecule has 2 amide bonds. The van der Waals surface area contributed by atoms with Gasteiger partial charge >= 0.3 is 0 Å². The first kappa shape index (κ1) is 28.1. The number of nitrogens with zero attached hydrogens (tertiary/aromatic N) is 3. The third-order valence-electron chi connectivity index (χ3n) is 7.41.